The van der Waals surface area contributed by atoms with E-state index in [4.69, 9.17) is 0 Å². The summed E-state index contributed by atoms with van der Waals surface area (Å²) in [5.74, 6) is 0. The largest absolute Gasteiger partial charge is 0.385 e. The number of aromatic nitrogens is 4. The average molecular weight is 265 g/mol. The van der Waals surface area contributed by atoms with Crippen molar-refractivity contribution in [3.8, 4) is 5.69 Å². The maximum Gasteiger partial charge on any atom is 0.143 e. The first-order valence-corrected chi connectivity index (χ1v) is 6.53. The van der Waals surface area contributed by atoms with E-state index in [1.54, 1.807) is 11.0 Å². The van der Waals surface area contributed by atoms with E-state index in [9.17, 15) is 0 Å². The standard InChI is InChI=1S/C15H15N5/c1-2-5-13(6-3-1)9-10-16-14-7-4-8-15(11-14)20-12-17-18-19-20/h1-8,11-12,16H,9-10H2. The van der Waals surface area contributed by atoms with Crippen LogP contribution in [-0.4, -0.2) is 26.8 Å². The molecule has 0 saturated heterocycles. The van der Waals surface area contributed by atoms with Crippen LogP contribution in [-0.2, 0) is 6.42 Å². The van der Waals surface area contributed by atoms with E-state index < -0.39 is 0 Å². The van der Waals surface area contributed by atoms with Crippen LogP contribution in [0.15, 0.2) is 60.9 Å². The zero-order chi connectivity index (χ0) is 13.6. The maximum atomic E-state index is 3.88. The second-order valence-corrected chi connectivity index (χ2v) is 4.47. The summed E-state index contributed by atoms with van der Waals surface area (Å²) in [5.41, 5.74) is 3.34. The number of anilines is 1. The molecular formula is C15H15N5. The van der Waals surface area contributed by atoms with E-state index in [-0.39, 0.29) is 0 Å². The van der Waals surface area contributed by atoms with Gasteiger partial charge in [0, 0.05) is 12.2 Å². The number of benzene rings is 2. The lowest BCUT2D eigenvalue weighted by atomic mass is 10.1. The fourth-order valence-electron chi connectivity index (χ4n) is 2.03. The molecule has 0 radical (unpaired) electrons. The number of nitrogens with zero attached hydrogens (tertiary/aromatic N) is 4. The lowest BCUT2D eigenvalue weighted by Crippen LogP contribution is -2.05. The zero-order valence-corrected chi connectivity index (χ0v) is 11.0. The third-order valence-electron chi connectivity index (χ3n) is 3.05. The molecule has 3 aromatic rings. The van der Waals surface area contributed by atoms with E-state index in [1.807, 2.05) is 30.3 Å². The molecule has 0 aliphatic carbocycles. The summed E-state index contributed by atoms with van der Waals surface area (Å²) < 4.78 is 1.64. The van der Waals surface area contributed by atoms with Crippen LogP contribution in [0.4, 0.5) is 5.69 Å². The fraction of sp³-hybridized carbons (Fsp3) is 0.133. The van der Waals surface area contributed by atoms with Crippen LogP contribution in [0.25, 0.3) is 5.69 Å². The molecule has 0 amide bonds. The molecular weight excluding hydrogens is 250 g/mol. The van der Waals surface area contributed by atoms with Gasteiger partial charge in [-0.2, -0.15) is 0 Å². The Morgan fingerprint density at radius 2 is 1.90 bits per heavy atom. The van der Waals surface area contributed by atoms with E-state index in [0.29, 0.717) is 0 Å². The van der Waals surface area contributed by atoms with Gasteiger partial charge in [-0.05, 0) is 40.6 Å². The summed E-state index contributed by atoms with van der Waals surface area (Å²) in [4.78, 5) is 0. The first-order chi connectivity index (χ1) is 9.92. The molecule has 3 rings (SSSR count). The quantitative estimate of drug-likeness (QED) is 0.769. The van der Waals surface area contributed by atoms with Crippen LogP contribution in [0.3, 0.4) is 0 Å². The average Bonchev–Trinajstić information content (AvgIpc) is 3.03. The highest BCUT2D eigenvalue weighted by atomic mass is 15.5. The van der Waals surface area contributed by atoms with Crippen molar-refractivity contribution in [3.63, 3.8) is 0 Å². The Morgan fingerprint density at radius 1 is 1.00 bits per heavy atom. The van der Waals surface area contributed by atoms with Crippen molar-refractivity contribution in [2.75, 3.05) is 11.9 Å². The predicted octanol–water partition coefficient (Wildman–Crippen LogP) is 2.32. The Morgan fingerprint density at radius 3 is 2.70 bits per heavy atom. The van der Waals surface area contributed by atoms with Crippen molar-refractivity contribution in [2.24, 2.45) is 0 Å². The van der Waals surface area contributed by atoms with Gasteiger partial charge in [-0.15, -0.1) is 5.10 Å². The lowest BCUT2D eigenvalue weighted by Gasteiger charge is -2.08. The molecule has 5 heteroatoms. The van der Waals surface area contributed by atoms with E-state index in [2.05, 4.69) is 45.1 Å². The monoisotopic (exact) mass is 265 g/mol. The van der Waals surface area contributed by atoms with E-state index >= 15 is 0 Å². The van der Waals surface area contributed by atoms with Gasteiger partial charge >= 0.3 is 0 Å². The molecule has 0 fully saturated rings. The van der Waals surface area contributed by atoms with Crippen LogP contribution in [0, 0.1) is 0 Å². The lowest BCUT2D eigenvalue weighted by molar-refractivity contribution is 0.789. The molecule has 20 heavy (non-hydrogen) atoms. The van der Waals surface area contributed by atoms with Crippen LogP contribution in [0.2, 0.25) is 0 Å². The minimum Gasteiger partial charge on any atom is -0.385 e. The van der Waals surface area contributed by atoms with Gasteiger partial charge in [0.2, 0.25) is 0 Å². The van der Waals surface area contributed by atoms with Gasteiger partial charge in [0.15, 0.2) is 0 Å². The van der Waals surface area contributed by atoms with Gasteiger partial charge in [-0.3, -0.25) is 0 Å². The summed E-state index contributed by atoms with van der Waals surface area (Å²) in [7, 11) is 0. The van der Waals surface area contributed by atoms with Crippen LogP contribution < -0.4 is 5.32 Å². The predicted molar refractivity (Wildman–Crippen MR) is 77.8 cm³/mol. The van der Waals surface area contributed by atoms with Crippen molar-refractivity contribution in [2.45, 2.75) is 6.42 Å². The molecule has 1 N–H and O–H groups in total. The number of nitrogens with one attached hydrogen (secondary N) is 1. The summed E-state index contributed by atoms with van der Waals surface area (Å²) in [6.07, 6.45) is 2.58. The molecule has 1 heterocycles. The highest BCUT2D eigenvalue weighted by Crippen LogP contribution is 2.13. The summed E-state index contributed by atoms with van der Waals surface area (Å²) in [6.45, 7) is 0.892. The first-order valence-electron chi connectivity index (χ1n) is 6.53. The van der Waals surface area contributed by atoms with Gasteiger partial charge in [0.1, 0.15) is 6.33 Å². The summed E-state index contributed by atoms with van der Waals surface area (Å²) in [6, 6.07) is 18.5. The van der Waals surface area contributed by atoms with Crippen molar-refractivity contribution in [3.05, 3.63) is 66.5 Å². The smallest absolute Gasteiger partial charge is 0.143 e. The Labute approximate surface area is 117 Å². The fourth-order valence-corrected chi connectivity index (χ4v) is 2.03. The molecule has 2 aromatic carbocycles. The van der Waals surface area contributed by atoms with E-state index in [1.165, 1.54) is 5.56 Å². The van der Waals surface area contributed by atoms with Gasteiger partial charge < -0.3 is 5.32 Å². The molecule has 5 nitrogen and oxygen atoms in total. The van der Waals surface area contributed by atoms with Gasteiger partial charge in [-0.25, -0.2) is 4.68 Å². The number of hydrogen-bond donors (Lipinski definition) is 1. The van der Waals surface area contributed by atoms with Crippen molar-refractivity contribution in [1.82, 2.24) is 20.2 Å². The van der Waals surface area contributed by atoms with Gasteiger partial charge in [0.25, 0.3) is 0 Å². The Balaban J connectivity index is 1.62. The van der Waals surface area contributed by atoms with Crippen molar-refractivity contribution < 1.29 is 0 Å². The SMILES string of the molecule is c1ccc(CCNc2cccc(-n3cnnn3)c2)cc1. The highest BCUT2D eigenvalue weighted by molar-refractivity contribution is 5.50. The third-order valence-corrected chi connectivity index (χ3v) is 3.05. The van der Waals surface area contributed by atoms with Crippen LogP contribution in [0.1, 0.15) is 5.56 Å². The second-order valence-electron chi connectivity index (χ2n) is 4.47. The molecule has 100 valence electrons. The van der Waals surface area contributed by atoms with Crippen molar-refractivity contribution >= 4 is 5.69 Å². The summed E-state index contributed by atoms with van der Waals surface area (Å²) >= 11 is 0. The third kappa shape index (κ3) is 3.00. The number of tetrazole rings is 1. The molecule has 0 saturated carbocycles. The molecule has 0 spiro atoms. The maximum absolute atomic E-state index is 3.88. The topological polar surface area (TPSA) is 55.6 Å². The Kier molecular flexibility index (Phi) is 3.68. The van der Waals surface area contributed by atoms with Crippen molar-refractivity contribution in [1.29, 1.82) is 0 Å². The minimum atomic E-state index is 0.892. The second kappa shape index (κ2) is 5.97. The number of hydrogen-bond acceptors (Lipinski definition) is 4. The number of rotatable bonds is 5. The molecule has 0 unspecified atom stereocenters. The molecule has 0 bridgehead atoms. The normalized spacial score (nSPS) is 10.4. The van der Waals surface area contributed by atoms with Crippen LogP contribution in [0.5, 0.6) is 0 Å². The Bertz CT molecular complexity index is 649. The molecule has 0 aliphatic rings. The van der Waals surface area contributed by atoms with E-state index in [0.717, 1.165) is 24.3 Å². The minimum absolute atomic E-state index is 0.892. The van der Waals surface area contributed by atoms with Gasteiger partial charge in [-0.1, -0.05) is 36.4 Å². The van der Waals surface area contributed by atoms with Crippen LogP contribution >= 0.6 is 0 Å². The molecule has 1 aromatic heterocycles. The highest BCUT2D eigenvalue weighted by Gasteiger charge is 1.99. The van der Waals surface area contributed by atoms with Gasteiger partial charge in [0.05, 0.1) is 5.69 Å². The molecule has 0 atom stereocenters. The summed E-state index contributed by atoms with van der Waals surface area (Å²) in [5, 5.41) is 14.6. The molecule has 0 aliphatic heterocycles. The zero-order valence-electron chi connectivity index (χ0n) is 11.0. The first kappa shape index (κ1) is 12.3. The Hall–Kier alpha value is -2.69.